The number of nitrogens with zero attached hydrogens (tertiary/aromatic N) is 2. The summed E-state index contributed by atoms with van der Waals surface area (Å²) >= 11 is 0. The number of rotatable bonds is 7. The topological polar surface area (TPSA) is 117 Å². The van der Waals surface area contributed by atoms with Crippen LogP contribution in [-0.4, -0.2) is 60.5 Å². The molecule has 1 aliphatic heterocycles. The van der Waals surface area contributed by atoms with Gasteiger partial charge in [0, 0.05) is 44.2 Å². The van der Waals surface area contributed by atoms with Crippen LogP contribution in [0.3, 0.4) is 0 Å². The van der Waals surface area contributed by atoms with Crippen molar-refractivity contribution in [2.45, 2.75) is 30.6 Å². The van der Waals surface area contributed by atoms with Gasteiger partial charge < -0.3 is 9.73 Å². The Hall–Kier alpha value is -3.67. The Kier molecular flexibility index (Phi) is 7.71. The number of hydrogen-bond donors (Lipinski definition) is 1. The minimum atomic E-state index is -3.75. The van der Waals surface area contributed by atoms with Crippen molar-refractivity contribution in [3.05, 3.63) is 83.4 Å². The Morgan fingerprint density at radius 3 is 2.34 bits per heavy atom. The maximum atomic E-state index is 13.5. The highest BCUT2D eigenvalue weighted by molar-refractivity contribution is 7.92. The molecule has 0 radical (unpaired) electrons. The molecule has 0 spiro atoms. The molecule has 11 heteroatoms. The second-order valence-corrected chi connectivity index (χ2v) is 14.4. The van der Waals surface area contributed by atoms with Gasteiger partial charge in [-0.2, -0.15) is 4.31 Å². The van der Waals surface area contributed by atoms with Crippen LogP contribution in [0, 0.1) is 6.92 Å². The van der Waals surface area contributed by atoms with Gasteiger partial charge in [-0.15, -0.1) is 0 Å². The van der Waals surface area contributed by atoms with Crippen molar-refractivity contribution >= 4 is 42.6 Å². The summed E-state index contributed by atoms with van der Waals surface area (Å²) in [5.74, 6) is -0.283. The van der Waals surface area contributed by atoms with E-state index in [1.54, 1.807) is 49.5 Å². The van der Waals surface area contributed by atoms with Gasteiger partial charge in [0.2, 0.25) is 20.0 Å². The van der Waals surface area contributed by atoms with E-state index in [0.717, 1.165) is 11.8 Å². The zero-order valence-corrected chi connectivity index (χ0v) is 25.1. The van der Waals surface area contributed by atoms with Crippen molar-refractivity contribution < 1.29 is 26.0 Å². The van der Waals surface area contributed by atoms with Crippen LogP contribution in [0.25, 0.3) is 22.3 Å². The molecule has 1 saturated heterocycles. The predicted molar refractivity (Wildman–Crippen MR) is 160 cm³/mol. The van der Waals surface area contributed by atoms with Crippen molar-refractivity contribution in [2.24, 2.45) is 0 Å². The summed E-state index contributed by atoms with van der Waals surface area (Å²) in [6.07, 6.45) is 2.36. The monoisotopic (exact) mass is 595 g/mol. The summed E-state index contributed by atoms with van der Waals surface area (Å²) in [5.41, 5.74) is 3.49. The maximum absolute atomic E-state index is 13.5. The lowest BCUT2D eigenvalue weighted by molar-refractivity contribution is 0.0964. The Morgan fingerprint density at radius 2 is 1.71 bits per heavy atom. The van der Waals surface area contributed by atoms with Crippen LogP contribution in [0.4, 0.5) is 5.69 Å². The Balaban J connectivity index is 1.69. The number of carbonyl (C=O) groups excluding carboxylic acids is 1. The standard InChI is InChI=1S/C30H33N3O6S2/c1-20-12-14-21(15-13-20)29-28(30(34)31-2)25-17-24(26(18-27(25)39-29)32(3)40(4,35)36)22-9-8-16-33(19-22)41(37,38)23-10-6-5-7-11-23/h5-7,10-15,17-18,22H,8-9,16,19H2,1-4H3,(H,31,34)/t22-/m0/s1. The van der Waals surface area contributed by atoms with E-state index in [1.165, 1.54) is 15.7 Å². The van der Waals surface area contributed by atoms with Crippen LogP contribution in [0.1, 0.15) is 40.2 Å². The Labute approximate surface area is 240 Å². The maximum Gasteiger partial charge on any atom is 0.255 e. The summed E-state index contributed by atoms with van der Waals surface area (Å²) in [6.45, 7) is 2.50. The first-order valence-electron chi connectivity index (χ1n) is 13.3. The number of anilines is 1. The highest BCUT2D eigenvalue weighted by atomic mass is 32.2. The molecule has 0 saturated carbocycles. The van der Waals surface area contributed by atoms with Gasteiger partial charge in [-0.05, 0) is 49.4 Å². The van der Waals surface area contributed by atoms with E-state index in [1.807, 2.05) is 31.2 Å². The second kappa shape index (κ2) is 11.0. The number of sulfonamides is 2. The van der Waals surface area contributed by atoms with Gasteiger partial charge in [-0.3, -0.25) is 9.10 Å². The van der Waals surface area contributed by atoms with Gasteiger partial charge in [0.25, 0.3) is 5.91 Å². The molecule has 0 bridgehead atoms. The molecule has 1 fully saturated rings. The number of carbonyl (C=O) groups is 1. The number of hydrogen-bond acceptors (Lipinski definition) is 6. The van der Waals surface area contributed by atoms with E-state index in [0.29, 0.717) is 58.5 Å². The molecule has 216 valence electrons. The van der Waals surface area contributed by atoms with Crippen LogP contribution in [0.2, 0.25) is 0 Å². The lowest BCUT2D eigenvalue weighted by Gasteiger charge is -2.34. The third-order valence-electron chi connectivity index (χ3n) is 7.65. The Morgan fingerprint density at radius 1 is 1.02 bits per heavy atom. The number of nitrogens with one attached hydrogen (secondary N) is 1. The van der Waals surface area contributed by atoms with Gasteiger partial charge in [0.15, 0.2) is 0 Å². The van der Waals surface area contributed by atoms with Crippen molar-refractivity contribution in [1.29, 1.82) is 0 Å². The third-order valence-corrected chi connectivity index (χ3v) is 10.7. The van der Waals surface area contributed by atoms with Crippen molar-refractivity contribution in [3.63, 3.8) is 0 Å². The summed E-state index contributed by atoms with van der Waals surface area (Å²) in [6, 6.07) is 19.3. The number of piperidine rings is 1. The van der Waals surface area contributed by atoms with Crippen molar-refractivity contribution in [3.8, 4) is 11.3 Å². The minimum Gasteiger partial charge on any atom is -0.455 e. The van der Waals surface area contributed by atoms with Crippen LogP contribution in [0.5, 0.6) is 0 Å². The first-order valence-corrected chi connectivity index (χ1v) is 16.6. The smallest absolute Gasteiger partial charge is 0.255 e. The SMILES string of the molecule is CNC(=O)c1c(-c2ccc(C)cc2)oc2cc(N(C)S(C)(=O)=O)c([C@H]3CCCN(S(=O)(=O)c4ccccc4)C3)cc12. The molecular weight excluding hydrogens is 562 g/mol. The minimum absolute atomic E-state index is 0.172. The zero-order valence-electron chi connectivity index (χ0n) is 23.4. The van der Waals surface area contributed by atoms with Crippen LogP contribution < -0.4 is 9.62 Å². The van der Waals surface area contributed by atoms with Crippen LogP contribution in [-0.2, 0) is 20.0 Å². The van der Waals surface area contributed by atoms with Crippen molar-refractivity contribution in [1.82, 2.24) is 9.62 Å². The molecule has 1 amide bonds. The molecule has 1 aliphatic rings. The molecule has 0 aliphatic carbocycles. The van der Waals surface area contributed by atoms with Crippen LogP contribution >= 0.6 is 0 Å². The highest BCUT2D eigenvalue weighted by Gasteiger charge is 2.34. The van der Waals surface area contributed by atoms with Gasteiger partial charge in [-0.25, -0.2) is 16.8 Å². The van der Waals surface area contributed by atoms with E-state index in [4.69, 9.17) is 4.42 Å². The number of aryl methyl sites for hydroxylation is 1. The lowest BCUT2D eigenvalue weighted by atomic mass is 9.89. The average Bonchev–Trinajstić information content (AvgIpc) is 3.34. The average molecular weight is 596 g/mol. The fourth-order valence-electron chi connectivity index (χ4n) is 5.34. The summed E-state index contributed by atoms with van der Waals surface area (Å²) in [7, 11) is -4.42. The number of fused-ring (bicyclic) bond motifs is 1. The first-order chi connectivity index (χ1) is 19.4. The third kappa shape index (κ3) is 5.49. The largest absolute Gasteiger partial charge is 0.455 e. The molecule has 5 rings (SSSR count). The van der Waals surface area contributed by atoms with E-state index in [-0.39, 0.29) is 23.3 Å². The zero-order chi connectivity index (χ0) is 29.5. The summed E-state index contributed by atoms with van der Waals surface area (Å²) < 4.78 is 61.3. The fraction of sp³-hybridized carbons (Fsp3) is 0.300. The van der Waals surface area contributed by atoms with Crippen LogP contribution in [0.15, 0.2) is 76.0 Å². The summed E-state index contributed by atoms with van der Waals surface area (Å²) in [5, 5.41) is 3.23. The second-order valence-electron chi connectivity index (χ2n) is 10.4. The molecule has 4 aromatic rings. The molecule has 41 heavy (non-hydrogen) atoms. The fourth-order valence-corrected chi connectivity index (χ4v) is 7.40. The molecule has 1 atom stereocenters. The van der Waals surface area contributed by atoms with Crippen molar-refractivity contribution in [2.75, 3.05) is 37.7 Å². The molecule has 9 nitrogen and oxygen atoms in total. The normalized spacial score (nSPS) is 16.5. The molecule has 3 aromatic carbocycles. The predicted octanol–water partition coefficient (Wildman–Crippen LogP) is 4.73. The number of furan rings is 1. The molecule has 1 aromatic heterocycles. The van der Waals surface area contributed by atoms with E-state index < -0.39 is 20.0 Å². The first kappa shape index (κ1) is 28.8. The van der Waals surface area contributed by atoms with Gasteiger partial charge in [0.05, 0.1) is 22.4 Å². The molecule has 1 N–H and O–H groups in total. The number of benzene rings is 3. The van der Waals surface area contributed by atoms with Gasteiger partial charge in [0.1, 0.15) is 11.3 Å². The molecular formula is C30H33N3O6S2. The Bertz CT molecular complexity index is 1820. The molecule has 2 heterocycles. The number of amides is 1. The quantitative estimate of drug-likeness (QED) is 0.330. The van der Waals surface area contributed by atoms with Gasteiger partial charge in [-0.1, -0.05) is 48.0 Å². The van der Waals surface area contributed by atoms with E-state index >= 15 is 0 Å². The lowest BCUT2D eigenvalue weighted by Crippen LogP contribution is -2.39. The van der Waals surface area contributed by atoms with Gasteiger partial charge >= 0.3 is 0 Å². The summed E-state index contributed by atoms with van der Waals surface area (Å²) in [4.78, 5) is 13.4. The molecule has 0 unspecified atom stereocenters. The highest BCUT2D eigenvalue weighted by Crippen LogP contribution is 2.42. The van der Waals surface area contributed by atoms with E-state index in [2.05, 4.69) is 5.32 Å². The van der Waals surface area contributed by atoms with E-state index in [9.17, 15) is 21.6 Å².